The lowest BCUT2D eigenvalue weighted by molar-refractivity contribution is -0.124. The molecule has 27 heavy (non-hydrogen) atoms. The summed E-state index contributed by atoms with van der Waals surface area (Å²) in [5, 5.41) is 9.42. The molecule has 7 heteroatoms. The number of amides is 2. The third-order valence-corrected chi connectivity index (χ3v) is 6.16. The molecule has 3 atom stereocenters. The molecule has 2 aliphatic heterocycles. The summed E-state index contributed by atoms with van der Waals surface area (Å²) in [4.78, 5) is 24.6. The van der Waals surface area contributed by atoms with E-state index in [2.05, 4.69) is 16.0 Å². The summed E-state index contributed by atoms with van der Waals surface area (Å²) in [5.74, 6) is 0.897. The molecule has 6 nitrogen and oxygen atoms in total. The van der Waals surface area contributed by atoms with Crippen molar-refractivity contribution in [1.82, 2.24) is 10.6 Å². The fourth-order valence-electron chi connectivity index (χ4n) is 4.29. The highest BCUT2D eigenvalue weighted by atomic mass is 35.5. The van der Waals surface area contributed by atoms with Crippen LogP contribution < -0.4 is 20.7 Å². The highest BCUT2D eigenvalue weighted by molar-refractivity contribution is 5.97. The van der Waals surface area contributed by atoms with Gasteiger partial charge in [-0.25, -0.2) is 0 Å². The van der Waals surface area contributed by atoms with Crippen LogP contribution in [0.4, 0.5) is 5.69 Å². The number of anilines is 1. The van der Waals surface area contributed by atoms with Gasteiger partial charge in [-0.05, 0) is 68.8 Å². The Morgan fingerprint density at radius 1 is 1.37 bits per heavy atom. The SMILES string of the molecule is CCC1Oc2cc(C(C)NC(=O)C3CC34CCNCC4)ccc2NC1=O.Cl. The molecule has 1 saturated heterocycles. The van der Waals surface area contributed by atoms with E-state index in [0.717, 1.165) is 37.9 Å². The van der Waals surface area contributed by atoms with Crippen LogP contribution in [-0.2, 0) is 9.59 Å². The number of nitrogens with one attached hydrogen (secondary N) is 3. The van der Waals surface area contributed by atoms with Crippen LogP contribution in [-0.4, -0.2) is 31.0 Å². The molecule has 148 valence electrons. The zero-order chi connectivity index (χ0) is 18.3. The van der Waals surface area contributed by atoms with Crippen molar-refractivity contribution in [3.8, 4) is 5.75 Å². The van der Waals surface area contributed by atoms with Crippen molar-refractivity contribution >= 4 is 29.9 Å². The number of hydrogen-bond donors (Lipinski definition) is 3. The molecule has 0 radical (unpaired) electrons. The first-order valence-corrected chi connectivity index (χ1v) is 9.65. The smallest absolute Gasteiger partial charge is 0.265 e. The second kappa shape index (κ2) is 7.68. The maximum atomic E-state index is 12.7. The number of hydrogen-bond acceptors (Lipinski definition) is 4. The Labute approximate surface area is 166 Å². The first kappa shape index (κ1) is 20.0. The number of carbonyl (C=O) groups is 2. The largest absolute Gasteiger partial charge is 0.478 e. The summed E-state index contributed by atoms with van der Waals surface area (Å²) in [7, 11) is 0. The topological polar surface area (TPSA) is 79.5 Å². The van der Waals surface area contributed by atoms with Crippen molar-refractivity contribution in [3.63, 3.8) is 0 Å². The molecule has 1 aromatic rings. The summed E-state index contributed by atoms with van der Waals surface area (Å²) in [6, 6.07) is 5.62. The summed E-state index contributed by atoms with van der Waals surface area (Å²) < 4.78 is 5.81. The van der Waals surface area contributed by atoms with E-state index in [1.54, 1.807) is 0 Å². The molecule has 1 spiro atoms. The van der Waals surface area contributed by atoms with E-state index >= 15 is 0 Å². The number of carbonyl (C=O) groups excluding carboxylic acids is 2. The fourth-order valence-corrected chi connectivity index (χ4v) is 4.29. The number of benzene rings is 1. The summed E-state index contributed by atoms with van der Waals surface area (Å²) in [6.45, 7) is 5.96. The van der Waals surface area contributed by atoms with Gasteiger partial charge in [-0.15, -0.1) is 12.4 Å². The molecule has 1 aliphatic carbocycles. The fraction of sp³-hybridized carbons (Fsp3) is 0.600. The minimum Gasteiger partial charge on any atom is -0.478 e. The lowest BCUT2D eigenvalue weighted by Gasteiger charge is -2.26. The molecule has 0 aromatic heterocycles. The van der Waals surface area contributed by atoms with Gasteiger partial charge < -0.3 is 20.7 Å². The Hall–Kier alpha value is -1.79. The lowest BCUT2D eigenvalue weighted by Crippen LogP contribution is -2.36. The number of rotatable bonds is 4. The molecule has 2 heterocycles. The quantitative estimate of drug-likeness (QED) is 0.734. The van der Waals surface area contributed by atoms with E-state index in [1.807, 2.05) is 32.0 Å². The first-order chi connectivity index (χ1) is 12.5. The van der Waals surface area contributed by atoms with Crippen LogP contribution in [0.5, 0.6) is 5.75 Å². The van der Waals surface area contributed by atoms with Crippen LogP contribution in [0.2, 0.25) is 0 Å². The first-order valence-electron chi connectivity index (χ1n) is 9.65. The van der Waals surface area contributed by atoms with E-state index in [1.165, 1.54) is 0 Å². The van der Waals surface area contributed by atoms with E-state index in [9.17, 15) is 9.59 Å². The van der Waals surface area contributed by atoms with Gasteiger partial charge in [-0.3, -0.25) is 9.59 Å². The lowest BCUT2D eigenvalue weighted by atomic mass is 9.91. The highest BCUT2D eigenvalue weighted by Gasteiger charge is 2.57. The van der Waals surface area contributed by atoms with Gasteiger partial charge >= 0.3 is 0 Å². The van der Waals surface area contributed by atoms with E-state index in [0.29, 0.717) is 17.9 Å². The average Bonchev–Trinajstić information content (AvgIpc) is 3.34. The van der Waals surface area contributed by atoms with Gasteiger partial charge in [0, 0.05) is 5.92 Å². The van der Waals surface area contributed by atoms with Gasteiger partial charge in [-0.1, -0.05) is 13.0 Å². The van der Waals surface area contributed by atoms with Crippen molar-refractivity contribution < 1.29 is 14.3 Å². The van der Waals surface area contributed by atoms with Crippen molar-refractivity contribution in [2.75, 3.05) is 18.4 Å². The molecule has 1 saturated carbocycles. The summed E-state index contributed by atoms with van der Waals surface area (Å²) in [5.41, 5.74) is 1.92. The van der Waals surface area contributed by atoms with Crippen molar-refractivity contribution in [1.29, 1.82) is 0 Å². The van der Waals surface area contributed by atoms with Crippen molar-refractivity contribution in [2.24, 2.45) is 11.3 Å². The highest BCUT2D eigenvalue weighted by Crippen LogP contribution is 2.58. The molecule has 4 rings (SSSR count). The van der Waals surface area contributed by atoms with Gasteiger partial charge in [0.15, 0.2) is 6.10 Å². The van der Waals surface area contributed by atoms with Gasteiger partial charge in [0.25, 0.3) is 5.91 Å². The molecule has 0 bridgehead atoms. The number of fused-ring (bicyclic) bond motifs is 1. The van der Waals surface area contributed by atoms with Gasteiger partial charge in [0.05, 0.1) is 11.7 Å². The monoisotopic (exact) mass is 393 g/mol. The number of ether oxygens (including phenoxy) is 1. The molecule has 3 aliphatic rings. The Kier molecular flexibility index (Phi) is 5.68. The maximum Gasteiger partial charge on any atom is 0.265 e. The van der Waals surface area contributed by atoms with Crippen LogP contribution >= 0.6 is 12.4 Å². The van der Waals surface area contributed by atoms with Crippen LogP contribution in [0.3, 0.4) is 0 Å². The predicted octanol–water partition coefficient (Wildman–Crippen LogP) is 2.78. The average molecular weight is 394 g/mol. The minimum atomic E-state index is -0.450. The molecule has 2 fully saturated rings. The third kappa shape index (κ3) is 3.78. The zero-order valence-electron chi connectivity index (χ0n) is 15.8. The summed E-state index contributed by atoms with van der Waals surface area (Å²) in [6.07, 6.45) is 3.40. The van der Waals surface area contributed by atoms with E-state index in [-0.39, 0.29) is 41.6 Å². The Morgan fingerprint density at radius 2 is 2.11 bits per heavy atom. The summed E-state index contributed by atoms with van der Waals surface area (Å²) >= 11 is 0. The molecular weight excluding hydrogens is 366 g/mol. The van der Waals surface area contributed by atoms with Gasteiger partial charge in [0.1, 0.15) is 5.75 Å². The molecular formula is C20H28ClN3O3. The Balaban J connectivity index is 0.00000210. The van der Waals surface area contributed by atoms with E-state index < -0.39 is 6.10 Å². The van der Waals surface area contributed by atoms with Crippen LogP contribution in [0.1, 0.15) is 51.1 Å². The second-order valence-corrected chi connectivity index (χ2v) is 7.86. The van der Waals surface area contributed by atoms with Crippen LogP contribution in [0, 0.1) is 11.3 Å². The number of halogens is 1. The van der Waals surface area contributed by atoms with Gasteiger partial charge in [-0.2, -0.15) is 0 Å². The van der Waals surface area contributed by atoms with E-state index in [4.69, 9.17) is 4.74 Å². The standard InChI is InChI=1S/C20H27N3O3.ClH/c1-3-16-19(25)23-15-5-4-13(10-17(15)26-16)12(2)22-18(24)14-11-20(14)6-8-21-9-7-20;/h4-5,10,12,14,16,21H,3,6-9,11H2,1-2H3,(H,22,24)(H,23,25);1H. The maximum absolute atomic E-state index is 12.7. The van der Waals surface area contributed by atoms with Crippen LogP contribution in [0.15, 0.2) is 18.2 Å². The minimum absolute atomic E-state index is 0. The molecule has 3 N–H and O–H groups in total. The van der Waals surface area contributed by atoms with Crippen LogP contribution in [0.25, 0.3) is 0 Å². The Bertz CT molecular complexity index is 733. The molecule has 3 unspecified atom stereocenters. The Morgan fingerprint density at radius 3 is 2.81 bits per heavy atom. The second-order valence-electron chi connectivity index (χ2n) is 7.86. The third-order valence-electron chi connectivity index (χ3n) is 6.16. The normalized spacial score (nSPS) is 26.1. The van der Waals surface area contributed by atoms with Crippen molar-refractivity contribution in [2.45, 2.75) is 51.7 Å². The van der Waals surface area contributed by atoms with Gasteiger partial charge in [0.2, 0.25) is 5.91 Å². The van der Waals surface area contributed by atoms with Crippen molar-refractivity contribution in [3.05, 3.63) is 23.8 Å². The molecule has 2 amide bonds. The zero-order valence-corrected chi connectivity index (χ0v) is 16.7. The number of piperidine rings is 1. The molecule has 1 aromatic carbocycles. The predicted molar refractivity (Wildman–Crippen MR) is 106 cm³/mol.